The summed E-state index contributed by atoms with van der Waals surface area (Å²) in [7, 11) is 0. The Balaban J connectivity index is 1.84. The molecule has 1 fully saturated rings. The molecular formula is C13H14N4O3. The summed E-state index contributed by atoms with van der Waals surface area (Å²) in [6.07, 6.45) is 1.08. The molecule has 2 atom stereocenters. The summed E-state index contributed by atoms with van der Waals surface area (Å²) in [5.41, 5.74) is 0.750. The van der Waals surface area contributed by atoms with Gasteiger partial charge in [0, 0.05) is 17.7 Å². The number of rotatable bonds is 3. The van der Waals surface area contributed by atoms with Crippen molar-refractivity contribution in [2.24, 2.45) is 5.92 Å². The Morgan fingerprint density at radius 1 is 1.40 bits per heavy atom. The lowest BCUT2D eigenvalue weighted by molar-refractivity contribution is -0.384. The molecule has 0 aliphatic carbocycles. The van der Waals surface area contributed by atoms with Gasteiger partial charge in [-0.25, -0.2) is 0 Å². The molecule has 104 valence electrons. The van der Waals surface area contributed by atoms with Gasteiger partial charge in [0.25, 0.3) is 5.69 Å². The smallest absolute Gasteiger partial charge is 0.269 e. The summed E-state index contributed by atoms with van der Waals surface area (Å²) < 4.78 is 5.29. The van der Waals surface area contributed by atoms with Crippen molar-refractivity contribution in [2.45, 2.75) is 19.4 Å². The zero-order valence-corrected chi connectivity index (χ0v) is 10.9. The van der Waals surface area contributed by atoms with Gasteiger partial charge in [0.2, 0.25) is 11.7 Å². The van der Waals surface area contributed by atoms with E-state index in [1.165, 1.54) is 12.1 Å². The van der Waals surface area contributed by atoms with Crippen LogP contribution < -0.4 is 5.32 Å². The molecule has 1 aromatic heterocycles. The van der Waals surface area contributed by atoms with Crippen molar-refractivity contribution in [1.29, 1.82) is 0 Å². The Labute approximate surface area is 115 Å². The van der Waals surface area contributed by atoms with E-state index >= 15 is 0 Å². The van der Waals surface area contributed by atoms with Gasteiger partial charge >= 0.3 is 0 Å². The fourth-order valence-corrected chi connectivity index (χ4v) is 2.38. The molecule has 20 heavy (non-hydrogen) atoms. The lowest BCUT2D eigenvalue weighted by Gasteiger charge is -2.09. The van der Waals surface area contributed by atoms with Gasteiger partial charge in [0.15, 0.2) is 0 Å². The molecule has 1 N–H and O–H groups in total. The van der Waals surface area contributed by atoms with Crippen LogP contribution >= 0.6 is 0 Å². The maximum absolute atomic E-state index is 10.6. The van der Waals surface area contributed by atoms with Crippen molar-refractivity contribution >= 4 is 5.69 Å². The molecule has 0 radical (unpaired) electrons. The van der Waals surface area contributed by atoms with Gasteiger partial charge in [-0.3, -0.25) is 10.1 Å². The molecule has 1 aliphatic heterocycles. The second kappa shape index (κ2) is 5.01. The molecule has 2 unspecified atom stereocenters. The molecule has 1 saturated heterocycles. The highest BCUT2D eigenvalue weighted by Crippen LogP contribution is 2.29. The molecule has 0 bridgehead atoms. The summed E-state index contributed by atoms with van der Waals surface area (Å²) >= 11 is 0. The molecule has 1 aliphatic rings. The second-order valence-electron chi connectivity index (χ2n) is 4.96. The predicted octanol–water partition coefficient (Wildman–Crippen LogP) is 2.32. The van der Waals surface area contributed by atoms with Crippen LogP contribution in [-0.2, 0) is 0 Å². The number of nitrogens with zero attached hydrogens (tertiary/aromatic N) is 3. The number of hydrogen-bond acceptors (Lipinski definition) is 6. The predicted molar refractivity (Wildman–Crippen MR) is 70.9 cm³/mol. The number of nitrogens with one attached hydrogen (secondary N) is 1. The van der Waals surface area contributed by atoms with Crippen molar-refractivity contribution in [3.63, 3.8) is 0 Å². The highest BCUT2D eigenvalue weighted by molar-refractivity contribution is 5.56. The number of nitro groups is 1. The Hall–Kier alpha value is -2.28. The first-order chi connectivity index (χ1) is 9.65. The minimum atomic E-state index is -0.435. The SMILES string of the molecule is CC1CCNC1c1nc(-c2ccc([N+](=O)[O-])cc2)no1. The number of nitro benzene ring substituents is 1. The topological polar surface area (TPSA) is 94.1 Å². The van der Waals surface area contributed by atoms with Crippen LogP contribution in [-0.4, -0.2) is 21.6 Å². The fraction of sp³-hybridized carbons (Fsp3) is 0.385. The van der Waals surface area contributed by atoms with E-state index in [-0.39, 0.29) is 11.7 Å². The minimum Gasteiger partial charge on any atom is -0.337 e. The zero-order chi connectivity index (χ0) is 14.1. The maximum atomic E-state index is 10.6. The number of non-ortho nitro benzene ring substituents is 1. The van der Waals surface area contributed by atoms with Crippen LogP contribution in [0.2, 0.25) is 0 Å². The maximum Gasteiger partial charge on any atom is 0.269 e. The van der Waals surface area contributed by atoms with Gasteiger partial charge in [-0.2, -0.15) is 4.98 Å². The van der Waals surface area contributed by atoms with Crippen LogP contribution in [0.3, 0.4) is 0 Å². The number of aromatic nitrogens is 2. The summed E-state index contributed by atoms with van der Waals surface area (Å²) in [5.74, 6) is 1.49. The molecule has 0 saturated carbocycles. The summed E-state index contributed by atoms with van der Waals surface area (Å²) in [4.78, 5) is 14.6. The monoisotopic (exact) mass is 274 g/mol. The van der Waals surface area contributed by atoms with E-state index in [9.17, 15) is 10.1 Å². The third kappa shape index (κ3) is 2.27. The first kappa shape index (κ1) is 12.7. The summed E-state index contributed by atoms with van der Waals surface area (Å²) in [6.45, 7) is 3.08. The largest absolute Gasteiger partial charge is 0.337 e. The summed E-state index contributed by atoms with van der Waals surface area (Å²) in [5, 5.41) is 17.9. The lowest BCUT2D eigenvalue weighted by Crippen LogP contribution is -2.16. The van der Waals surface area contributed by atoms with Crippen molar-refractivity contribution in [3.05, 3.63) is 40.3 Å². The fourth-order valence-electron chi connectivity index (χ4n) is 2.38. The van der Waals surface area contributed by atoms with Gasteiger partial charge in [-0.05, 0) is 31.0 Å². The normalized spacial score (nSPS) is 22.1. The van der Waals surface area contributed by atoms with Crippen LogP contribution in [0.25, 0.3) is 11.4 Å². The molecule has 7 nitrogen and oxygen atoms in total. The van der Waals surface area contributed by atoms with E-state index in [4.69, 9.17) is 4.52 Å². The van der Waals surface area contributed by atoms with Crippen molar-refractivity contribution in [2.75, 3.05) is 6.54 Å². The van der Waals surface area contributed by atoms with E-state index < -0.39 is 4.92 Å². The van der Waals surface area contributed by atoms with E-state index in [2.05, 4.69) is 22.4 Å². The Morgan fingerprint density at radius 3 is 2.75 bits per heavy atom. The van der Waals surface area contributed by atoms with Crippen LogP contribution in [0.15, 0.2) is 28.8 Å². The van der Waals surface area contributed by atoms with Gasteiger partial charge in [0.1, 0.15) is 0 Å². The van der Waals surface area contributed by atoms with Crippen molar-refractivity contribution < 1.29 is 9.45 Å². The average molecular weight is 274 g/mol. The molecule has 7 heteroatoms. The van der Waals surface area contributed by atoms with E-state index in [0.717, 1.165) is 13.0 Å². The molecule has 2 aromatic rings. The van der Waals surface area contributed by atoms with E-state index in [0.29, 0.717) is 23.2 Å². The third-order valence-electron chi connectivity index (χ3n) is 3.58. The Morgan fingerprint density at radius 2 is 2.15 bits per heavy atom. The number of hydrogen-bond donors (Lipinski definition) is 1. The highest BCUT2D eigenvalue weighted by Gasteiger charge is 2.29. The van der Waals surface area contributed by atoms with Gasteiger partial charge in [-0.1, -0.05) is 12.1 Å². The number of benzene rings is 1. The molecule has 3 rings (SSSR count). The van der Waals surface area contributed by atoms with Crippen LogP contribution in [0, 0.1) is 16.0 Å². The summed E-state index contributed by atoms with van der Waals surface area (Å²) in [6, 6.07) is 6.20. The van der Waals surface area contributed by atoms with Crippen molar-refractivity contribution in [3.8, 4) is 11.4 Å². The standard InChI is InChI=1S/C13H14N4O3/c1-8-6-7-14-11(8)13-15-12(16-20-13)9-2-4-10(5-3-9)17(18)19/h2-5,8,11,14H,6-7H2,1H3. The van der Waals surface area contributed by atoms with Crippen molar-refractivity contribution in [1.82, 2.24) is 15.5 Å². The van der Waals surface area contributed by atoms with Gasteiger partial charge < -0.3 is 9.84 Å². The molecule has 0 amide bonds. The average Bonchev–Trinajstić information content (AvgIpc) is 3.07. The molecule has 1 aromatic carbocycles. The minimum absolute atomic E-state index is 0.0450. The highest BCUT2D eigenvalue weighted by atomic mass is 16.6. The molecule has 0 spiro atoms. The quantitative estimate of drug-likeness (QED) is 0.681. The molecular weight excluding hydrogens is 260 g/mol. The van der Waals surface area contributed by atoms with Crippen LogP contribution in [0.5, 0.6) is 0 Å². The Bertz CT molecular complexity index is 623. The first-order valence-corrected chi connectivity index (χ1v) is 6.47. The van der Waals surface area contributed by atoms with E-state index in [1.54, 1.807) is 12.1 Å². The first-order valence-electron chi connectivity index (χ1n) is 6.47. The van der Waals surface area contributed by atoms with E-state index in [1.807, 2.05) is 0 Å². The van der Waals surface area contributed by atoms with Gasteiger partial charge in [0.05, 0.1) is 11.0 Å². The zero-order valence-electron chi connectivity index (χ0n) is 10.9. The Kier molecular flexibility index (Phi) is 3.19. The second-order valence-corrected chi connectivity index (χ2v) is 4.96. The molecule has 2 heterocycles. The van der Waals surface area contributed by atoms with Crippen LogP contribution in [0.4, 0.5) is 5.69 Å². The lowest BCUT2D eigenvalue weighted by atomic mass is 10.0. The van der Waals surface area contributed by atoms with Crippen LogP contribution in [0.1, 0.15) is 25.3 Å². The van der Waals surface area contributed by atoms with Gasteiger partial charge in [-0.15, -0.1) is 0 Å². The third-order valence-corrected chi connectivity index (χ3v) is 3.58.